The van der Waals surface area contributed by atoms with Gasteiger partial charge in [-0.15, -0.1) is 0 Å². The maximum absolute atomic E-state index is 5.48. The summed E-state index contributed by atoms with van der Waals surface area (Å²) in [4.78, 5) is 0. The van der Waals surface area contributed by atoms with E-state index >= 15 is 0 Å². The van der Waals surface area contributed by atoms with Crippen LogP contribution in [0, 0.1) is 5.92 Å². The second-order valence-electron chi connectivity index (χ2n) is 4.51. The zero-order valence-corrected chi connectivity index (χ0v) is 13.3. The Balaban J connectivity index is 3.25. The molecule has 0 aliphatic rings. The molecule has 0 spiro atoms. The Bertz CT molecular complexity index is 394. The Morgan fingerprint density at radius 3 is 2.22 bits per heavy atom. The van der Waals surface area contributed by atoms with Gasteiger partial charge in [0.1, 0.15) is 11.5 Å². The predicted molar refractivity (Wildman–Crippen MR) is 78.5 cm³/mol. The lowest BCUT2D eigenvalue weighted by Crippen LogP contribution is -2.26. The molecule has 0 bridgehead atoms. The van der Waals surface area contributed by atoms with Crippen molar-refractivity contribution in [3.8, 4) is 11.5 Å². The molecule has 3 nitrogen and oxygen atoms in total. The van der Waals surface area contributed by atoms with Crippen molar-refractivity contribution in [1.29, 1.82) is 0 Å². The molecule has 1 unspecified atom stereocenters. The van der Waals surface area contributed by atoms with Gasteiger partial charge in [0.05, 0.1) is 18.7 Å². The van der Waals surface area contributed by atoms with Gasteiger partial charge in [0, 0.05) is 11.6 Å². The molecule has 4 heteroatoms. The first-order valence-corrected chi connectivity index (χ1v) is 6.99. The smallest absolute Gasteiger partial charge is 0.133 e. The lowest BCUT2D eigenvalue weighted by atomic mass is 9.95. The summed E-state index contributed by atoms with van der Waals surface area (Å²) in [6.07, 6.45) is 0. The fourth-order valence-electron chi connectivity index (χ4n) is 2.05. The third-order valence-electron chi connectivity index (χ3n) is 2.93. The molecule has 1 aromatic rings. The summed E-state index contributed by atoms with van der Waals surface area (Å²) in [7, 11) is 3.37. The number of hydrogen-bond acceptors (Lipinski definition) is 3. The van der Waals surface area contributed by atoms with Gasteiger partial charge in [0.15, 0.2) is 0 Å². The topological polar surface area (TPSA) is 30.5 Å². The predicted octanol–water partition coefficient (Wildman–Crippen LogP) is 3.77. The minimum absolute atomic E-state index is 0.256. The average molecular weight is 316 g/mol. The largest absolute Gasteiger partial charge is 0.496 e. The minimum atomic E-state index is 0.256. The van der Waals surface area contributed by atoms with Crippen molar-refractivity contribution in [1.82, 2.24) is 5.32 Å². The van der Waals surface area contributed by atoms with Crippen LogP contribution in [0.15, 0.2) is 16.6 Å². The van der Waals surface area contributed by atoms with Crippen LogP contribution in [-0.4, -0.2) is 20.8 Å². The summed E-state index contributed by atoms with van der Waals surface area (Å²) in [6, 6.07) is 4.25. The number of hydrogen-bond donors (Lipinski definition) is 1. The van der Waals surface area contributed by atoms with Crippen LogP contribution in [-0.2, 0) is 0 Å². The zero-order chi connectivity index (χ0) is 13.7. The average Bonchev–Trinajstić information content (AvgIpc) is 2.35. The number of methoxy groups -OCH3 is 2. The fraction of sp³-hybridized carbons (Fsp3) is 0.571. The van der Waals surface area contributed by atoms with Crippen LogP contribution in [0.1, 0.15) is 32.4 Å². The summed E-state index contributed by atoms with van der Waals surface area (Å²) in [5.41, 5.74) is 1.13. The van der Waals surface area contributed by atoms with Crippen molar-refractivity contribution in [3.05, 3.63) is 22.2 Å². The van der Waals surface area contributed by atoms with Crippen molar-refractivity contribution in [3.63, 3.8) is 0 Å². The van der Waals surface area contributed by atoms with Gasteiger partial charge in [0.2, 0.25) is 0 Å². The second kappa shape index (κ2) is 7.00. The van der Waals surface area contributed by atoms with E-state index in [9.17, 15) is 0 Å². The van der Waals surface area contributed by atoms with E-state index in [1.165, 1.54) is 0 Å². The van der Waals surface area contributed by atoms with Crippen molar-refractivity contribution in [2.75, 3.05) is 20.8 Å². The number of benzene rings is 1. The Labute approximate surface area is 118 Å². The third kappa shape index (κ3) is 3.39. The Hall–Kier alpha value is -0.740. The van der Waals surface area contributed by atoms with E-state index in [1.807, 2.05) is 12.1 Å². The molecule has 0 aliphatic carbocycles. The summed E-state index contributed by atoms with van der Waals surface area (Å²) in [5.74, 6) is 2.18. The molecular weight excluding hydrogens is 294 g/mol. The molecule has 102 valence electrons. The van der Waals surface area contributed by atoms with E-state index in [-0.39, 0.29) is 6.04 Å². The highest BCUT2D eigenvalue weighted by molar-refractivity contribution is 9.10. The lowest BCUT2D eigenvalue weighted by molar-refractivity contribution is 0.367. The molecule has 1 aromatic carbocycles. The zero-order valence-electron chi connectivity index (χ0n) is 11.7. The van der Waals surface area contributed by atoms with Crippen LogP contribution in [0.4, 0.5) is 0 Å². The van der Waals surface area contributed by atoms with Crippen LogP contribution in [0.5, 0.6) is 11.5 Å². The minimum Gasteiger partial charge on any atom is -0.496 e. The van der Waals surface area contributed by atoms with Gasteiger partial charge in [-0.2, -0.15) is 0 Å². The Kier molecular flexibility index (Phi) is 5.96. The molecule has 0 saturated carbocycles. The highest BCUT2D eigenvalue weighted by Gasteiger charge is 2.20. The monoisotopic (exact) mass is 315 g/mol. The number of halogens is 1. The number of rotatable bonds is 6. The first-order chi connectivity index (χ1) is 8.54. The van der Waals surface area contributed by atoms with E-state index in [0.717, 1.165) is 28.1 Å². The maximum atomic E-state index is 5.48. The molecule has 1 atom stereocenters. The standard InChI is InChI=1S/C14H22BrNO2/c1-6-16-14(9(2)3)10-7-13(18-5)11(15)8-12(10)17-4/h7-9,14,16H,6H2,1-5H3. The normalized spacial score (nSPS) is 12.6. The molecule has 1 N–H and O–H groups in total. The van der Waals surface area contributed by atoms with E-state index in [2.05, 4.69) is 42.0 Å². The van der Waals surface area contributed by atoms with Crippen molar-refractivity contribution >= 4 is 15.9 Å². The van der Waals surface area contributed by atoms with Crippen molar-refractivity contribution in [2.45, 2.75) is 26.8 Å². The van der Waals surface area contributed by atoms with Crippen LogP contribution in [0.25, 0.3) is 0 Å². The molecule has 0 fully saturated rings. The van der Waals surface area contributed by atoms with Gasteiger partial charge in [0.25, 0.3) is 0 Å². The molecule has 0 saturated heterocycles. The highest BCUT2D eigenvalue weighted by Crippen LogP contribution is 2.37. The lowest BCUT2D eigenvalue weighted by Gasteiger charge is -2.25. The molecule has 0 radical (unpaired) electrons. The summed E-state index contributed by atoms with van der Waals surface area (Å²) in [6.45, 7) is 7.42. The fourth-order valence-corrected chi connectivity index (χ4v) is 2.54. The van der Waals surface area contributed by atoms with Crippen LogP contribution >= 0.6 is 15.9 Å². The summed E-state index contributed by atoms with van der Waals surface area (Å²) in [5, 5.41) is 3.49. The first kappa shape index (κ1) is 15.3. The van der Waals surface area contributed by atoms with E-state index in [4.69, 9.17) is 9.47 Å². The molecule has 0 amide bonds. The van der Waals surface area contributed by atoms with Gasteiger partial charge in [-0.1, -0.05) is 20.8 Å². The molecule has 1 rings (SSSR count). The molecule has 0 aromatic heterocycles. The van der Waals surface area contributed by atoms with Gasteiger partial charge >= 0.3 is 0 Å². The van der Waals surface area contributed by atoms with Crippen LogP contribution < -0.4 is 14.8 Å². The molecular formula is C14H22BrNO2. The summed E-state index contributed by atoms with van der Waals surface area (Å²) < 4.78 is 11.7. The highest BCUT2D eigenvalue weighted by atomic mass is 79.9. The summed E-state index contributed by atoms with van der Waals surface area (Å²) >= 11 is 3.48. The first-order valence-electron chi connectivity index (χ1n) is 6.19. The maximum Gasteiger partial charge on any atom is 0.133 e. The molecule has 0 heterocycles. The quantitative estimate of drug-likeness (QED) is 0.866. The van der Waals surface area contributed by atoms with Gasteiger partial charge in [-0.3, -0.25) is 0 Å². The van der Waals surface area contributed by atoms with Crippen LogP contribution in [0.3, 0.4) is 0 Å². The van der Waals surface area contributed by atoms with Crippen molar-refractivity contribution in [2.24, 2.45) is 5.92 Å². The second-order valence-corrected chi connectivity index (χ2v) is 5.36. The van der Waals surface area contributed by atoms with Crippen LogP contribution in [0.2, 0.25) is 0 Å². The Morgan fingerprint density at radius 1 is 1.17 bits per heavy atom. The van der Waals surface area contributed by atoms with Gasteiger partial charge in [-0.05, 0) is 40.5 Å². The molecule has 0 aliphatic heterocycles. The SMILES string of the molecule is CCNC(c1cc(OC)c(Br)cc1OC)C(C)C. The van der Waals surface area contributed by atoms with E-state index in [0.29, 0.717) is 5.92 Å². The van der Waals surface area contributed by atoms with E-state index < -0.39 is 0 Å². The van der Waals surface area contributed by atoms with Gasteiger partial charge in [-0.25, -0.2) is 0 Å². The molecule has 18 heavy (non-hydrogen) atoms. The number of ether oxygens (including phenoxy) is 2. The third-order valence-corrected chi connectivity index (χ3v) is 3.55. The van der Waals surface area contributed by atoms with Gasteiger partial charge < -0.3 is 14.8 Å². The van der Waals surface area contributed by atoms with Crippen molar-refractivity contribution < 1.29 is 9.47 Å². The van der Waals surface area contributed by atoms with E-state index in [1.54, 1.807) is 14.2 Å². The number of nitrogens with one attached hydrogen (secondary N) is 1. The Morgan fingerprint density at radius 2 is 1.78 bits per heavy atom.